The molecule has 20 heavy (non-hydrogen) atoms. The molecule has 2 aromatic rings. The summed E-state index contributed by atoms with van der Waals surface area (Å²) in [5.74, 6) is 2.94. The van der Waals surface area contributed by atoms with Gasteiger partial charge < -0.3 is 8.83 Å². The number of furan rings is 2. The number of hydrogen-bond donors (Lipinski definition) is 2. The van der Waals surface area contributed by atoms with Gasteiger partial charge >= 0.3 is 0 Å². The van der Waals surface area contributed by atoms with E-state index in [2.05, 4.69) is 21.1 Å². The van der Waals surface area contributed by atoms with Gasteiger partial charge in [-0.15, -0.1) is 0 Å². The molecule has 0 aliphatic carbocycles. The Bertz CT molecular complexity index is 588. The molecule has 0 bridgehead atoms. The molecule has 0 saturated carbocycles. The number of rotatable bonds is 4. The maximum atomic E-state index is 5.31. The fourth-order valence-corrected chi connectivity index (χ4v) is 1.49. The van der Waals surface area contributed by atoms with Crippen LogP contribution in [0.25, 0.3) is 0 Å². The summed E-state index contributed by atoms with van der Waals surface area (Å²) in [6, 6.07) is 7.34. The lowest BCUT2D eigenvalue weighted by atomic mass is 10.4. The lowest BCUT2D eigenvalue weighted by Gasteiger charge is -1.99. The van der Waals surface area contributed by atoms with Crippen LogP contribution in [-0.2, 0) is 0 Å². The van der Waals surface area contributed by atoms with Crippen LogP contribution < -0.4 is 10.9 Å². The van der Waals surface area contributed by atoms with E-state index in [1.165, 1.54) is 12.4 Å². The second kappa shape index (κ2) is 6.67. The van der Waals surface area contributed by atoms with Crippen LogP contribution in [0.2, 0.25) is 0 Å². The standard InChI is InChI=1S/C13H14N4O2S/c1-9-3-5-11(18-9)7-14-16-13(20)17-15-8-12-6-4-10(2)19-12/h3-8H,1-2H3,(H2,16,17,20)/b14-7+,15-8+. The fourth-order valence-electron chi connectivity index (χ4n) is 1.38. The van der Waals surface area contributed by atoms with E-state index < -0.39 is 0 Å². The van der Waals surface area contributed by atoms with Crippen molar-refractivity contribution in [2.24, 2.45) is 10.2 Å². The Morgan fingerprint density at radius 1 is 0.950 bits per heavy atom. The van der Waals surface area contributed by atoms with E-state index in [9.17, 15) is 0 Å². The van der Waals surface area contributed by atoms with E-state index in [0.29, 0.717) is 11.5 Å². The van der Waals surface area contributed by atoms with Crippen LogP contribution in [0.3, 0.4) is 0 Å². The molecule has 0 spiro atoms. The third-order valence-electron chi connectivity index (χ3n) is 2.24. The molecule has 0 radical (unpaired) electrons. The molecule has 0 atom stereocenters. The Balaban J connectivity index is 1.75. The average molecular weight is 290 g/mol. The largest absolute Gasteiger partial charge is 0.460 e. The van der Waals surface area contributed by atoms with Gasteiger partial charge in [-0.1, -0.05) is 0 Å². The van der Waals surface area contributed by atoms with Gasteiger partial charge in [0.25, 0.3) is 0 Å². The lowest BCUT2D eigenvalue weighted by Crippen LogP contribution is -2.28. The van der Waals surface area contributed by atoms with Gasteiger partial charge in [-0.2, -0.15) is 10.2 Å². The minimum absolute atomic E-state index is 0.268. The first kappa shape index (κ1) is 14.0. The third-order valence-corrected chi connectivity index (χ3v) is 2.42. The molecule has 7 heteroatoms. The highest BCUT2D eigenvalue weighted by atomic mass is 32.1. The summed E-state index contributed by atoms with van der Waals surface area (Å²) < 4.78 is 10.6. The first-order chi connectivity index (χ1) is 9.63. The minimum Gasteiger partial charge on any atom is -0.460 e. The highest BCUT2D eigenvalue weighted by Crippen LogP contribution is 2.03. The molecule has 2 N–H and O–H groups in total. The molecule has 0 aliphatic heterocycles. The van der Waals surface area contributed by atoms with Crippen LogP contribution in [0.4, 0.5) is 0 Å². The number of aryl methyl sites for hydroxylation is 2. The van der Waals surface area contributed by atoms with Crippen LogP contribution in [0.5, 0.6) is 0 Å². The first-order valence-corrected chi connectivity index (χ1v) is 6.29. The molecule has 6 nitrogen and oxygen atoms in total. The van der Waals surface area contributed by atoms with Gasteiger partial charge in [0.1, 0.15) is 23.0 Å². The minimum atomic E-state index is 0.268. The van der Waals surface area contributed by atoms with Gasteiger partial charge in [0.05, 0.1) is 12.4 Å². The van der Waals surface area contributed by atoms with Gasteiger partial charge in [0.2, 0.25) is 5.11 Å². The number of thiocarbonyl (C=S) groups is 1. The van der Waals surface area contributed by atoms with Crippen LogP contribution in [0.1, 0.15) is 23.0 Å². The van der Waals surface area contributed by atoms with Crippen molar-refractivity contribution in [1.29, 1.82) is 0 Å². The molecule has 0 unspecified atom stereocenters. The monoisotopic (exact) mass is 290 g/mol. The maximum absolute atomic E-state index is 5.31. The Kier molecular flexibility index (Phi) is 4.67. The summed E-state index contributed by atoms with van der Waals surface area (Å²) in [6.07, 6.45) is 3.06. The van der Waals surface area contributed by atoms with Crippen molar-refractivity contribution in [2.45, 2.75) is 13.8 Å². The zero-order chi connectivity index (χ0) is 14.4. The van der Waals surface area contributed by atoms with Gasteiger partial charge in [-0.05, 0) is 50.3 Å². The molecule has 104 valence electrons. The molecule has 0 aliphatic rings. The number of hydrogen-bond acceptors (Lipinski definition) is 5. The van der Waals surface area contributed by atoms with Gasteiger partial charge in [0, 0.05) is 0 Å². The summed E-state index contributed by atoms with van der Waals surface area (Å²) in [5.41, 5.74) is 5.23. The third kappa shape index (κ3) is 4.36. The Hall–Kier alpha value is -2.41. The summed E-state index contributed by atoms with van der Waals surface area (Å²) >= 11 is 4.98. The lowest BCUT2D eigenvalue weighted by molar-refractivity contribution is 0.527. The summed E-state index contributed by atoms with van der Waals surface area (Å²) in [6.45, 7) is 3.73. The zero-order valence-corrected chi connectivity index (χ0v) is 11.9. The van der Waals surface area contributed by atoms with Crippen molar-refractivity contribution in [3.63, 3.8) is 0 Å². The SMILES string of the molecule is Cc1ccc(/C=N/NC(=S)N/N=C/c2ccc(C)o2)o1. The predicted molar refractivity (Wildman–Crippen MR) is 80.9 cm³/mol. The van der Waals surface area contributed by atoms with Crippen molar-refractivity contribution >= 4 is 29.8 Å². The summed E-state index contributed by atoms with van der Waals surface area (Å²) in [5, 5.41) is 8.10. The van der Waals surface area contributed by atoms with Gasteiger partial charge in [0.15, 0.2) is 0 Å². The van der Waals surface area contributed by atoms with Crippen LogP contribution in [0, 0.1) is 13.8 Å². The molecule has 2 rings (SSSR count). The number of nitrogens with zero attached hydrogens (tertiary/aromatic N) is 2. The van der Waals surface area contributed by atoms with Crippen molar-refractivity contribution in [1.82, 2.24) is 10.9 Å². The van der Waals surface area contributed by atoms with E-state index in [4.69, 9.17) is 21.1 Å². The molecular formula is C13H14N4O2S. The second-order valence-electron chi connectivity index (χ2n) is 3.97. The van der Waals surface area contributed by atoms with Crippen LogP contribution in [0.15, 0.2) is 43.3 Å². The first-order valence-electron chi connectivity index (χ1n) is 5.88. The van der Waals surface area contributed by atoms with Crippen LogP contribution >= 0.6 is 12.2 Å². The molecular weight excluding hydrogens is 276 g/mol. The Labute approximate surface area is 121 Å². The van der Waals surface area contributed by atoms with E-state index >= 15 is 0 Å². The smallest absolute Gasteiger partial charge is 0.207 e. The Morgan fingerprint density at radius 2 is 1.40 bits per heavy atom. The van der Waals surface area contributed by atoms with Gasteiger partial charge in [-0.3, -0.25) is 10.9 Å². The van der Waals surface area contributed by atoms with Crippen molar-refractivity contribution < 1.29 is 8.83 Å². The normalized spacial score (nSPS) is 11.3. The fraction of sp³-hybridized carbons (Fsp3) is 0.154. The van der Waals surface area contributed by atoms with E-state index in [0.717, 1.165) is 11.5 Å². The molecule has 0 aromatic carbocycles. The molecule has 2 heterocycles. The highest BCUT2D eigenvalue weighted by Gasteiger charge is 1.95. The van der Waals surface area contributed by atoms with Crippen molar-refractivity contribution in [2.75, 3.05) is 0 Å². The molecule has 2 aromatic heterocycles. The number of hydrazone groups is 2. The zero-order valence-electron chi connectivity index (χ0n) is 11.1. The summed E-state index contributed by atoms with van der Waals surface area (Å²) in [7, 11) is 0. The highest BCUT2D eigenvalue weighted by molar-refractivity contribution is 7.80. The van der Waals surface area contributed by atoms with E-state index in [1.54, 1.807) is 0 Å². The van der Waals surface area contributed by atoms with Gasteiger partial charge in [-0.25, -0.2) is 0 Å². The average Bonchev–Trinajstić information content (AvgIpc) is 2.99. The Morgan fingerprint density at radius 3 is 1.75 bits per heavy atom. The topological polar surface area (TPSA) is 75.1 Å². The van der Waals surface area contributed by atoms with Crippen LogP contribution in [-0.4, -0.2) is 17.5 Å². The molecule has 0 fully saturated rings. The van der Waals surface area contributed by atoms with Crippen molar-refractivity contribution in [3.8, 4) is 0 Å². The van der Waals surface area contributed by atoms with Crippen molar-refractivity contribution in [3.05, 3.63) is 47.3 Å². The molecule has 0 saturated heterocycles. The van der Waals surface area contributed by atoms with E-state index in [1.807, 2.05) is 38.1 Å². The summed E-state index contributed by atoms with van der Waals surface area (Å²) in [4.78, 5) is 0. The second-order valence-corrected chi connectivity index (χ2v) is 4.37. The van der Waals surface area contributed by atoms with E-state index in [-0.39, 0.29) is 5.11 Å². The quantitative estimate of drug-likeness (QED) is 0.513. The number of nitrogens with one attached hydrogen (secondary N) is 2. The molecule has 0 amide bonds. The maximum Gasteiger partial charge on any atom is 0.207 e. The predicted octanol–water partition coefficient (Wildman–Crippen LogP) is 2.32.